The zero-order chi connectivity index (χ0) is 11.4. The second-order valence-electron chi connectivity index (χ2n) is 4.28. The van der Waals surface area contributed by atoms with Gasteiger partial charge in [-0.15, -0.1) is 0 Å². The van der Waals surface area contributed by atoms with Crippen LogP contribution in [-0.4, -0.2) is 21.4 Å². The molecule has 1 unspecified atom stereocenters. The van der Waals surface area contributed by atoms with E-state index >= 15 is 0 Å². The van der Waals surface area contributed by atoms with Gasteiger partial charge in [0.15, 0.2) is 0 Å². The molecule has 2 N–H and O–H groups in total. The molecule has 0 fully saturated rings. The van der Waals surface area contributed by atoms with Gasteiger partial charge in [0.2, 0.25) is 0 Å². The van der Waals surface area contributed by atoms with Gasteiger partial charge in [-0.2, -0.15) is 0 Å². The molecule has 1 heterocycles. The number of hydrogen-bond acceptors (Lipinski definition) is 3. The lowest BCUT2D eigenvalue weighted by molar-refractivity contribution is -0.119. The summed E-state index contributed by atoms with van der Waals surface area (Å²) in [5.74, 6) is 1.30. The maximum atomic E-state index is 11.6. The molecular formula is C11H19N3O. The summed E-state index contributed by atoms with van der Waals surface area (Å²) in [5.41, 5.74) is 5.84. The maximum Gasteiger partial charge on any atom is 0.141 e. The maximum absolute atomic E-state index is 11.6. The molecule has 1 aromatic rings. The SMILES string of the molecule is CC(C)C(N)CC(=O)Cc1nccn1C. The van der Waals surface area contributed by atoms with Crippen molar-refractivity contribution in [2.45, 2.75) is 32.7 Å². The second kappa shape index (κ2) is 5.07. The Morgan fingerprint density at radius 1 is 1.60 bits per heavy atom. The Balaban J connectivity index is 2.47. The third kappa shape index (κ3) is 3.47. The molecule has 0 aliphatic carbocycles. The first-order chi connectivity index (χ1) is 7.00. The van der Waals surface area contributed by atoms with Gasteiger partial charge in [0.05, 0.1) is 6.42 Å². The lowest BCUT2D eigenvalue weighted by atomic mass is 9.98. The molecular weight excluding hydrogens is 190 g/mol. The molecule has 0 aromatic carbocycles. The smallest absolute Gasteiger partial charge is 0.141 e. The van der Waals surface area contributed by atoms with Crippen molar-refractivity contribution >= 4 is 5.78 Å². The molecule has 0 spiro atoms. The summed E-state index contributed by atoms with van der Waals surface area (Å²) in [5, 5.41) is 0. The fourth-order valence-corrected chi connectivity index (χ4v) is 1.31. The van der Waals surface area contributed by atoms with Gasteiger partial charge in [-0.25, -0.2) is 4.98 Å². The predicted molar refractivity (Wildman–Crippen MR) is 59.3 cm³/mol. The molecule has 0 saturated heterocycles. The van der Waals surface area contributed by atoms with Gasteiger partial charge < -0.3 is 10.3 Å². The third-order valence-corrected chi connectivity index (χ3v) is 2.60. The molecule has 0 saturated carbocycles. The summed E-state index contributed by atoms with van der Waals surface area (Å²) < 4.78 is 1.86. The Morgan fingerprint density at radius 2 is 2.27 bits per heavy atom. The topological polar surface area (TPSA) is 60.9 Å². The normalized spacial score (nSPS) is 13.1. The fourth-order valence-electron chi connectivity index (χ4n) is 1.31. The number of hydrogen-bond donors (Lipinski definition) is 1. The van der Waals surface area contributed by atoms with Crippen molar-refractivity contribution < 1.29 is 4.79 Å². The van der Waals surface area contributed by atoms with Gasteiger partial charge in [-0.1, -0.05) is 13.8 Å². The molecule has 0 amide bonds. The van der Waals surface area contributed by atoms with Crippen molar-refractivity contribution in [3.63, 3.8) is 0 Å². The van der Waals surface area contributed by atoms with E-state index in [-0.39, 0.29) is 11.8 Å². The van der Waals surface area contributed by atoms with Crippen LogP contribution >= 0.6 is 0 Å². The van der Waals surface area contributed by atoms with Gasteiger partial charge in [-0.05, 0) is 5.92 Å². The summed E-state index contributed by atoms with van der Waals surface area (Å²) >= 11 is 0. The van der Waals surface area contributed by atoms with E-state index in [1.165, 1.54) is 0 Å². The number of carbonyl (C=O) groups excluding carboxylic acids is 1. The van der Waals surface area contributed by atoms with E-state index in [4.69, 9.17) is 5.73 Å². The third-order valence-electron chi connectivity index (χ3n) is 2.60. The molecule has 4 heteroatoms. The number of aromatic nitrogens is 2. The van der Waals surface area contributed by atoms with E-state index in [0.717, 1.165) is 5.82 Å². The van der Waals surface area contributed by atoms with E-state index in [9.17, 15) is 4.79 Å². The Kier molecular flexibility index (Phi) is 4.03. The molecule has 0 bridgehead atoms. The number of rotatable bonds is 5. The van der Waals surface area contributed by atoms with Gasteiger partial charge in [0.25, 0.3) is 0 Å². The number of Topliss-reactive ketones (excluding diaryl/α,β-unsaturated/α-hetero) is 1. The van der Waals surface area contributed by atoms with Gasteiger partial charge >= 0.3 is 0 Å². The Bertz CT molecular complexity index is 330. The number of nitrogens with two attached hydrogens (primary N) is 1. The van der Waals surface area contributed by atoms with Gasteiger partial charge in [0.1, 0.15) is 11.6 Å². The highest BCUT2D eigenvalue weighted by Gasteiger charge is 2.14. The zero-order valence-corrected chi connectivity index (χ0v) is 9.60. The standard InChI is InChI=1S/C11H19N3O/c1-8(2)10(12)6-9(15)7-11-13-4-5-14(11)3/h4-5,8,10H,6-7,12H2,1-3H3. The molecule has 0 aliphatic rings. The van der Waals surface area contributed by atoms with E-state index in [1.807, 2.05) is 31.7 Å². The summed E-state index contributed by atoms with van der Waals surface area (Å²) in [6, 6.07) is -0.0437. The van der Waals surface area contributed by atoms with Crippen molar-refractivity contribution in [2.75, 3.05) is 0 Å². The Labute approximate surface area is 90.5 Å². The molecule has 4 nitrogen and oxygen atoms in total. The molecule has 84 valence electrons. The average molecular weight is 209 g/mol. The molecule has 15 heavy (non-hydrogen) atoms. The van der Waals surface area contributed by atoms with E-state index in [2.05, 4.69) is 4.98 Å². The summed E-state index contributed by atoms with van der Waals surface area (Å²) in [4.78, 5) is 15.8. The number of aryl methyl sites for hydroxylation is 1. The van der Waals surface area contributed by atoms with E-state index in [0.29, 0.717) is 18.8 Å². The lowest BCUT2D eigenvalue weighted by Gasteiger charge is -2.14. The van der Waals surface area contributed by atoms with Crippen molar-refractivity contribution in [2.24, 2.45) is 18.7 Å². The van der Waals surface area contributed by atoms with Crippen LogP contribution < -0.4 is 5.73 Å². The number of nitrogens with zero attached hydrogens (tertiary/aromatic N) is 2. The van der Waals surface area contributed by atoms with Crippen LogP contribution in [-0.2, 0) is 18.3 Å². The first-order valence-corrected chi connectivity index (χ1v) is 5.24. The van der Waals surface area contributed by atoms with Crippen molar-refractivity contribution in [3.05, 3.63) is 18.2 Å². The van der Waals surface area contributed by atoms with Crippen molar-refractivity contribution in [1.82, 2.24) is 9.55 Å². The minimum atomic E-state index is -0.0437. The second-order valence-corrected chi connectivity index (χ2v) is 4.28. The van der Waals surface area contributed by atoms with Crippen molar-refractivity contribution in [3.8, 4) is 0 Å². The first-order valence-electron chi connectivity index (χ1n) is 5.24. The van der Waals surface area contributed by atoms with E-state index < -0.39 is 0 Å². The minimum Gasteiger partial charge on any atom is -0.338 e. The van der Waals surface area contributed by atoms with Crippen LogP contribution in [0.5, 0.6) is 0 Å². The molecule has 1 aromatic heterocycles. The molecule has 1 rings (SSSR count). The first kappa shape index (κ1) is 11.9. The highest BCUT2D eigenvalue weighted by Crippen LogP contribution is 2.06. The molecule has 0 aliphatic heterocycles. The summed E-state index contributed by atoms with van der Waals surface area (Å²) in [6.07, 6.45) is 4.35. The van der Waals surface area contributed by atoms with Crippen molar-refractivity contribution in [1.29, 1.82) is 0 Å². The van der Waals surface area contributed by atoms with Crippen LogP contribution in [0, 0.1) is 5.92 Å². The predicted octanol–water partition coefficient (Wildman–Crippen LogP) is 0.905. The fraction of sp³-hybridized carbons (Fsp3) is 0.636. The summed E-state index contributed by atoms with van der Waals surface area (Å²) in [7, 11) is 1.89. The number of carbonyl (C=O) groups is 1. The summed E-state index contributed by atoms with van der Waals surface area (Å²) in [6.45, 7) is 4.05. The van der Waals surface area contributed by atoms with E-state index in [1.54, 1.807) is 6.20 Å². The monoisotopic (exact) mass is 209 g/mol. The van der Waals surface area contributed by atoms with Crippen LogP contribution in [0.15, 0.2) is 12.4 Å². The number of imidazole rings is 1. The highest BCUT2D eigenvalue weighted by atomic mass is 16.1. The zero-order valence-electron chi connectivity index (χ0n) is 9.60. The molecule has 0 radical (unpaired) electrons. The molecule has 1 atom stereocenters. The van der Waals surface area contributed by atoms with Crippen LogP contribution in [0.25, 0.3) is 0 Å². The van der Waals surface area contributed by atoms with Crippen LogP contribution in [0.2, 0.25) is 0 Å². The Morgan fingerprint density at radius 3 is 2.73 bits per heavy atom. The van der Waals surface area contributed by atoms with Crippen LogP contribution in [0.4, 0.5) is 0 Å². The average Bonchev–Trinajstić information content (AvgIpc) is 2.51. The largest absolute Gasteiger partial charge is 0.338 e. The van der Waals surface area contributed by atoms with Gasteiger partial charge in [0, 0.05) is 31.9 Å². The minimum absolute atomic E-state index is 0.0437. The highest BCUT2D eigenvalue weighted by molar-refractivity contribution is 5.80. The quantitative estimate of drug-likeness (QED) is 0.784. The number of ketones is 1. The lowest BCUT2D eigenvalue weighted by Crippen LogP contribution is -2.30. The Hall–Kier alpha value is -1.16. The van der Waals surface area contributed by atoms with Crippen LogP contribution in [0.3, 0.4) is 0 Å². The van der Waals surface area contributed by atoms with Gasteiger partial charge in [-0.3, -0.25) is 4.79 Å². The van der Waals surface area contributed by atoms with Crippen LogP contribution in [0.1, 0.15) is 26.1 Å².